The molecule has 0 fully saturated rings. The number of phenols is 3. The van der Waals surface area contributed by atoms with Crippen LogP contribution in [0.5, 0.6) is 17.2 Å². The summed E-state index contributed by atoms with van der Waals surface area (Å²) in [7, 11) is 6.48. The van der Waals surface area contributed by atoms with Crippen LogP contribution in [0.1, 0.15) is 95.8 Å². The van der Waals surface area contributed by atoms with E-state index >= 15 is 0 Å². The minimum atomic E-state index is -0.668. The van der Waals surface area contributed by atoms with Gasteiger partial charge in [0.1, 0.15) is 17.2 Å². The molecular weight excluding hydrogens is 604 g/mol. The van der Waals surface area contributed by atoms with Crippen LogP contribution in [-0.2, 0) is 69.0 Å². The summed E-state index contributed by atoms with van der Waals surface area (Å²) < 4.78 is 21.8. The summed E-state index contributed by atoms with van der Waals surface area (Å²) >= 11 is 0. The lowest BCUT2D eigenvalue weighted by Gasteiger charge is -2.35. The van der Waals surface area contributed by atoms with Crippen molar-refractivity contribution in [3.8, 4) is 17.2 Å². The Morgan fingerprint density at radius 2 is 0.729 bits per heavy atom. The summed E-state index contributed by atoms with van der Waals surface area (Å²) in [5, 5.41) is 33.0. The molecule has 0 bridgehead atoms. The number of benzene rings is 4. The molecule has 0 aliphatic carbocycles. The maximum atomic E-state index is 11.1. The van der Waals surface area contributed by atoms with E-state index in [0.717, 1.165) is 50.1 Å². The molecule has 1 unspecified atom stereocenters. The van der Waals surface area contributed by atoms with Gasteiger partial charge in [0, 0.05) is 61.5 Å². The third kappa shape index (κ3) is 7.10. The summed E-state index contributed by atoms with van der Waals surface area (Å²) in [6, 6.07) is 21.0. The van der Waals surface area contributed by atoms with E-state index in [2.05, 4.69) is 71.0 Å². The molecule has 0 saturated heterocycles. The average Bonchev–Trinajstić information content (AvgIpc) is 3.08. The van der Waals surface area contributed by atoms with E-state index in [1.807, 2.05) is 24.3 Å². The summed E-state index contributed by atoms with van der Waals surface area (Å²) in [4.78, 5) is 0. The Bertz CT molecular complexity index is 1630. The zero-order valence-corrected chi connectivity index (χ0v) is 30.0. The third-order valence-corrected chi connectivity index (χ3v) is 9.82. The minimum absolute atomic E-state index is 0.172. The van der Waals surface area contributed by atoms with Crippen LogP contribution < -0.4 is 0 Å². The van der Waals surface area contributed by atoms with Crippen molar-refractivity contribution in [1.82, 2.24) is 0 Å². The third-order valence-electron chi connectivity index (χ3n) is 9.82. The largest absolute Gasteiger partial charge is 0.507 e. The summed E-state index contributed by atoms with van der Waals surface area (Å²) in [5.74, 6) is 0.722. The van der Waals surface area contributed by atoms with Crippen LogP contribution in [0.3, 0.4) is 0 Å². The maximum absolute atomic E-state index is 11.1. The first kappa shape index (κ1) is 36.9. The number of hydrogen-bond donors (Lipinski definition) is 3. The van der Waals surface area contributed by atoms with Gasteiger partial charge in [-0.15, -0.1) is 0 Å². The Kier molecular flexibility index (Phi) is 12.0. The minimum Gasteiger partial charge on any atom is -0.507 e. The lowest BCUT2D eigenvalue weighted by Crippen LogP contribution is -2.27. The lowest BCUT2D eigenvalue weighted by atomic mass is 9.68. The zero-order valence-electron chi connectivity index (χ0n) is 30.0. The molecule has 3 N–H and O–H groups in total. The van der Waals surface area contributed by atoms with Gasteiger partial charge in [-0.2, -0.15) is 0 Å². The SMILES string of the molecule is CCc1cc(C(C)(c2ccc(C(C)(C)c3cc(COC)c(O)c(COC)c3)cc2)c2cc(COC)c(O)c(COC)c2)cc(CC)c1O. The van der Waals surface area contributed by atoms with E-state index in [0.29, 0.717) is 42.9 Å². The topological polar surface area (TPSA) is 97.6 Å². The Balaban J connectivity index is 1.95. The second kappa shape index (κ2) is 15.6. The number of aryl methyl sites for hydroxylation is 2. The van der Waals surface area contributed by atoms with Gasteiger partial charge in [-0.3, -0.25) is 0 Å². The highest BCUT2D eigenvalue weighted by Gasteiger charge is 2.35. The predicted octanol–water partition coefficient (Wildman–Crippen LogP) is 8.19. The molecule has 7 heteroatoms. The quantitative estimate of drug-likeness (QED) is 0.111. The second-order valence-corrected chi connectivity index (χ2v) is 13.2. The van der Waals surface area contributed by atoms with Crippen molar-refractivity contribution in [2.45, 2.75) is 84.7 Å². The van der Waals surface area contributed by atoms with Gasteiger partial charge in [0.05, 0.1) is 26.4 Å². The van der Waals surface area contributed by atoms with Crippen molar-refractivity contribution < 1.29 is 34.3 Å². The first-order chi connectivity index (χ1) is 22.9. The molecule has 48 heavy (non-hydrogen) atoms. The molecule has 0 aliphatic rings. The highest BCUT2D eigenvalue weighted by atomic mass is 16.5. The molecule has 0 heterocycles. The number of aromatic hydroxyl groups is 3. The van der Waals surface area contributed by atoms with Crippen molar-refractivity contribution in [1.29, 1.82) is 0 Å². The first-order valence-corrected chi connectivity index (χ1v) is 16.5. The molecular formula is C41H52O7. The van der Waals surface area contributed by atoms with Crippen LogP contribution in [0.2, 0.25) is 0 Å². The highest BCUT2D eigenvalue weighted by molar-refractivity contribution is 5.58. The number of phenolic OH excluding ortho intramolecular Hbond substituents is 3. The van der Waals surface area contributed by atoms with Gasteiger partial charge >= 0.3 is 0 Å². The van der Waals surface area contributed by atoms with Crippen LogP contribution in [0.15, 0.2) is 60.7 Å². The van der Waals surface area contributed by atoms with Gasteiger partial charge in [0.25, 0.3) is 0 Å². The van der Waals surface area contributed by atoms with Crippen LogP contribution >= 0.6 is 0 Å². The normalized spacial score (nSPS) is 13.1. The van der Waals surface area contributed by atoms with Crippen molar-refractivity contribution in [3.05, 3.63) is 122 Å². The van der Waals surface area contributed by atoms with E-state index in [4.69, 9.17) is 18.9 Å². The number of rotatable bonds is 15. The van der Waals surface area contributed by atoms with Crippen molar-refractivity contribution in [3.63, 3.8) is 0 Å². The van der Waals surface area contributed by atoms with Crippen LogP contribution in [-0.4, -0.2) is 43.8 Å². The molecule has 258 valence electrons. The Labute approximate surface area is 286 Å². The Morgan fingerprint density at radius 1 is 0.438 bits per heavy atom. The van der Waals surface area contributed by atoms with Crippen LogP contribution in [0.25, 0.3) is 0 Å². The summed E-state index contributed by atoms with van der Waals surface area (Å²) in [6.07, 6.45) is 1.39. The molecule has 0 aliphatic heterocycles. The zero-order chi connectivity index (χ0) is 35.2. The molecule has 0 saturated carbocycles. The first-order valence-electron chi connectivity index (χ1n) is 16.5. The fraction of sp³-hybridized carbons (Fsp3) is 0.415. The molecule has 4 rings (SSSR count). The molecule has 4 aromatic rings. The summed E-state index contributed by atoms with van der Waals surface area (Å²) in [6.45, 7) is 11.7. The molecule has 0 radical (unpaired) electrons. The molecule has 0 spiro atoms. The van der Waals surface area contributed by atoms with Gasteiger partial charge in [0.15, 0.2) is 0 Å². The van der Waals surface area contributed by atoms with E-state index in [1.54, 1.807) is 28.4 Å². The Hall–Kier alpha value is -3.88. The van der Waals surface area contributed by atoms with Gasteiger partial charge in [-0.1, -0.05) is 64.1 Å². The molecule has 1 atom stereocenters. The van der Waals surface area contributed by atoms with Crippen molar-refractivity contribution in [2.75, 3.05) is 28.4 Å². The van der Waals surface area contributed by atoms with Gasteiger partial charge in [0.2, 0.25) is 0 Å². The van der Waals surface area contributed by atoms with E-state index in [9.17, 15) is 15.3 Å². The summed E-state index contributed by atoms with van der Waals surface area (Å²) in [5.41, 5.74) is 8.74. The van der Waals surface area contributed by atoms with Crippen molar-refractivity contribution in [2.24, 2.45) is 0 Å². The van der Waals surface area contributed by atoms with Gasteiger partial charge in [-0.05, 0) is 83.0 Å². The standard InChI is InChI=1S/C41H52O7/c1-10-26-16-35(17-27(11-2)37(26)42)41(5,36-20-30(24-47-8)39(44)31(21-36)25-48-9)33-14-12-32(13-15-33)40(3,4)34-18-28(22-45-6)38(43)29(19-34)23-46-7/h12-21,42-44H,10-11,22-25H2,1-9H3. The monoisotopic (exact) mass is 656 g/mol. The van der Waals surface area contributed by atoms with E-state index < -0.39 is 10.8 Å². The van der Waals surface area contributed by atoms with Gasteiger partial charge in [-0.25, -0.2) is 0 Å². The Morgan fingerprint density at radius 3 is 1.06 bits per heavy atom. The number of hydrogen-bond acceptors (Lipinski definition) is 7. The molecule has 0 aromatic heterocycles. The fourth-order valence-electron chi connectivity index (χ4n) is 6.71. The lowest BCUT2D eigenvalue weighted by molar-refractivity contribution is 0.174. The van der Waals surface area contributed by atoms with E-state index in [1.165, 1.54) is 0 Å². The maximum Gasteiger partial charge on any atom is 0.126 e. The van der Waals surface area contributed by atoms with Crippen LogP contribution in [0.4, 0.5) is 0 Å². The fourth-order valence-corrected chi connectivity index (χ4v) is 6.71. The number of ether oxygens (including phenoxy) is 4. The average molecular weight is 657 g/mol. The number of methoxy groups -OCH3 is 4. The molecule has 7 nitrogen and oxygen atoms in total. The van der Waals surface area contributed by atoms with E-state index in [-0.39, 0.29) is 24.7 Å². The van der Waals surface area contributed by atoms with Gasteiger partial charge < -0.3 is 34.3 Å². The smallest absolute Gasteiger partial charge is 0.126 e. The highest BCUT2D eigenvalue weighted by Crippen LogP contribution is 2.45. The second-order valence-electron chi connectivity index (χ2n) is 13.2. The van der Waals surface area contributed by atoms with Crippen molar-refractivity contribution >= 4 is 0 Å². The molecule has 0 amide bonds. The predicted molar refractivity (Wildman–Crippen MR) is 190 cm³/mol. The van der Waals surface area contributed by atoms with Crippen LogP contribution in [0, 0.1) is 0 Å². The molecule has 4 aromatic carbocycles.